The van der Waals surface area contributed by atoms with Gasteiger partial charge >= 0.3 is 0 Å². The van der Waals surface area contributed by atoms with Gasteiger partial charge < -0.3 is 4.90 Å². The molecular formula is C27H29BrCl2N4O3S. The molecule has 4 rings (SSSR count). The van der Waals surface area contributed by atoms with Crippen molar-refractivity contribution in [2.24, 2.45) is 0 Å². The Hall–Kier alpha value is -2.17. The second kappa shape index (κ2) is 12.3. The minimum absolute atomic E-state index is 0.0461. The van der Waals surface area contributed by atoms with Crippen LogP contribution in [0.15, 0.2) is 57.9 Å². The fraction of sp³-hybridized carbons (Fsp3) is 0.333. The zero-order valence-corrected chi connectivity index (χ0v) is 25.1. The number of sulfone groups is 1. The molecule has 202 valence electrons. The van der Waals surface area contributed by atoms with Gasteiger partial charge in [0.15, 0.2) is 9.84 Å². The lowest BCUT2D eigenvalue weighted by molar-refractivity contribution is -0.127. The van der Waals surface area contributed by atoms with Gasteiger partial charge in [-0.25, -0.2) is 8.42 Å². The van der Waals surface area contributed by atoms with Gasteiger partial charge in [0, 0.05) is 70.1 Å². The van der Waals surface area contributed by atoms with Crippen LogP contribution in [0.5, 0.6) is 0 Å². The smallest absolute Gasteiger partial charge is 0.246 e. The molecule has 0 bridgehead atoms. The average Bonchev–Trinajstić information content (AvgIpc) is 3.16. The first-order chi connectivity index (χ1) is 18.0. The number of nitrogens with zero attached hydrogens (tertiary/aromatic N) is 4. The van der Waals surface area contributed by atoms with Gasteiger partial charge in [0.05, 0.1) is 22.9 Å². The molecule has 1 aliphatic rings. The predicted molar refractivity (Wildman–Crippen MR) is 156 cm³/mol. The first-order valence-corrected chi connectivity index (χ1v) is 15.4. The molecule has 1 aromatic heterocycles. The zero-order valence-electron chi connectivity index (χ0n) is 21.2. The Balaban J connectivity index is 1.32. The van der Waals surface area contributed by atoms with Gasteiger partial charge in [-0.1, -0.05) is 45.2 Å². The number of rotatable bonds is 8. The van der Waals surface area contributed by atoms with Crippen molar-refractivity contribution in [3.05, 3.63) is 85.6 Å². The molecular weight excluding hydrogens is 611 g/mol. The standard InChI is InChI=1S/C27H29BrCl2N4O3S/c1-19-23(20(2)34(31-19)18-24-25(29)4-3-5-26(24)30)10-11-27(35)33-14-12-32(13-15-33)16-17-38(36,37)22-8-6-21(28)7-9-22/h3-11H,12-18H2,1-2H3/b11-10+. The van der Waals surface area contributed by atoms with Crippen molar-refractivity contribution >= 4 is 61.0 Å². The van der Waals surface area contributed by atoms with E-state index in [0.29, 0.717) is 54.2 Å². The van der Waals surface area contributed by atoms with Crippen LogP contribution in [0.4, 0.5) is 0 Å². The third kappa shape index (κ3) is 6.87. The molecule has 11 heteroatoms. The zero-order chi connectivity index (χ0) is 27.4. The number of carbonyl (C=O) groups is 1. The van der Waals surface area contributed by atoms with E-state index >= 15 is 0 Å². The molecule has 0 spiro atoms. The topological polar surface area (TPSA) is 75.5 Å². The van der Waals surface area contributed by atoms with Gasteiger partial charge in [-0.2, -0.15) is 5.10 Å². The van der Waals surface area contributed by atoms with Crippen LogP contribution in [0.25, 0.3) is 6.08 Å². The van der Waals surface area contributed by atoms with Crippen molar-refractivity contribution in [1.82, 2.24) is 19.6 Å². The highest BCUT2D eigenvalue weighted by molar-refractivity contribution is 9.10. The van der Waals surface area contributed by atoms with Crippen LogP contribution in [0.1, 0.15) is 22.5 Å². The van der Waals surface area contributed by atoms with Crippen LogP contribution in [0, 0.1) is 13.8 Å². The molecule has 2 aromatic carbocycles. The number of carbonyl (C=O) groups excluding carboxylic acids is 1. The summed E-state index contributed by atoms with van der Waals surface area (Å²) < 4.78 is 28.0. The number of hydrogen-bond acceptors (Lipinski definition) is 5. The first kappa shape index (κ1) is 28.8. The molecule has 0 saturated carbocycles. The Morgan fingerprint density at radius 1 is 1.03 bits per heavy atom. The summed E-state index contributed by atoms with van der Waals surface area (Å²) in [5.74, 6) is -0.0300. The number of aryl methyl sites for hydroxylation is 1. The highest BCUT2D eigenvalue weighted by Gasteiger charge is 2.22. The van der Waals surface area contributed by atoms with Crippen molar-refractivity contribution in [3.63, 3.8) is 0 Å². The van der Waals surface area contributed by atoms with Crippen LogP contribution in [-0.4, -0.2) is 72.4 Å². The van der Waals surface area contributed by atoms with Gasteiger partial charge in [0.1, 0.15) is 0 Å². The molecule has 1 saturated heterocycles. The third-order valence-corrected chi connectivity index (χ3v) is 9.68. The minimum atomic E-state index is -3.35. The molecule has 0 aliphatic carbocycles. The molecule has 1 aliphatic heterocycles. The molecule has 38 heavy (non-hydrogen) atoms. The summed E-state index contributed by atoms with van der Waals surface area (Å²) >= 11 is 16.0. The molecule has 3 aromatic rings. The Bertz CT molecular complexity index is 1430. The number of aromatic nitrogens is 2. The Morgan fingerprint density at radius 2 is 1.66 bits per heavy atom. The van der Waals surface area contributed by atoms with E-state index in [1.54, 1.807) is 53.4 Å². The van der Waals surface area contributed by atoms with Gasteiger partial charge in [0.2, 0.25) is 5.91 Å². The van der Waals surface area contributed by atoms with Crippen molar-refractivity contribution in [2.45, 2.75) is 25.3 Å². The molecule has 0 radical (unpaired) electrons. The predicted octanol–water partition coefficient (Wildman–Crippen LogP) is 5.25. The van der Waals surface area contributed by atoms with E-state index in [9.17, 15) is 13.2 Å². The summed E-state index contributed by atoms with van der Waals surface area (Å²) in [6.07, 6.45) is 3.39. The van der Waals surface area contributed by atoms with Crippen molar-refractivity contribution < 1.29 is 13.2 Å². The Kier molecular flexibility index (Phi) is 9.36. The summed E-state index contributed by atoms with van der Waals surface area (Å²) in [7, 11) is -3.35. The van der Waals surface area contributed by atoms with Crippen LogP contribution in [0.3, 0.4) is 0 Å². The van der Waals surface area contributed by atoms with Crippen LogP contribution in [0.2, 0.25) is 10.0 Å². The van der Waals surface area contributed by atoms with E-state index in [-0.39, 0.29) is 11.7 Å². The van der Waals surface area contributed by atoms with E-state index < -0.39 is 9.84 Å². The average molecular weight is 640 g/mol. The lowest BCUT2D eigenvalue weighted by Gasteiger charge is -2.34. The van der Waals surface area contributed by atoms with Crippen molar-refractivity contribution in [1.29, 1.82) is 0 Å². The maximum Gasteiger partial charge on any atom is 0.246 e. The highest BCUT2D eigenvalue weighted by Crippen LogP contribution is 2.26. The van der Waals surface area contributed by atoms with Gasteiger partial charge in [-0.3, -0.25) is 14.4 Å². The van der Waals surface area contributed by atoms with Crippen LogP contribution in [-0.2, 0) is 21.2 Å². The monoisotopic (exact) mass is 638 g/mol. The second-order valence-corrected chi connectivity index (χ2v) is 13.1. The fourth-order valence-electron chi connectivity index (χ4n) is 4.40. The molecule has 0 atom stereocenters. The molecule has 7 nitrogen and oxygen atoms in total. The van der Waals surface area contributed by atoms with Crippen molar-refractivity contribution in [3.8, 4) is 0 Å². The Morgan fingerprint density at radius 3 is 2.29 bits per heavy atom. The van der Waals surface area contributed by atoms with Gasteiger partial charge in [0.25, 0.3) is 0 Å². The first-order valence-electron chi connectivity index (χ1n) is 12.2. The quantitative estimate of drug-likeness (QED) is 0.315. The lowest BCUT2D eigenvalue weighted by Crippen LogP contribution is -2.49. The maximum atomic E-state index is 12.9. The normalized spacial score (nSPS) is 14.9. The number of benzene rings is 2. The molecule has 2 heterocycles. The van der Waals surface area contributed by atoms with Gasteiger partial charge in [-0.15, -0.1) is 0 Å². The van der Waals surface area contributed by atoms with E-state index in [1.807, 2.05) is 24.6 Å². The third-order valence-electron chi connectivity index (χ3n) is 6.73. The van der Waals surface area contributed by atoms with Gasteiger partial charge in [-0.05, 0) is 56.3 Å². The summed E-state index contributed by atoms with van der Waals surface area (Å²) in [5, 5.41) is 5.79. The number of amides is 1. The number of hydrogen-bond donors (Lipinski definition) is 0. The van der Waals surface area contributed by atoms with Crippen LogP contribution >= 0.6 is 39.1 Å². The summed E-state index contributed by atoms with van der Waals surface area (Å²) in [6, 6.07) is 12.1. The fourth-order valence-corrected chi connectivity index (χ4v) is 6.47. The van der Waals surface area contributed by atoms with Crippen molar-refractivity contribution in [2.75, 3.05) is 38.5 Å². The highest BCUT2D eigenvalue weighted by atomic mass is 79.9. The molecule has 0 unspecified atom stereocenters. The molecule has 0 N–H and O–H groups in total. The molecule has 1 fully saturated rings. The van der Waals surface area contributed by atoms with E-state index in [4.69, 9.17) is 23.2 Å². The largest absolute Gasteiger partial charge is 0.337 e. The Labute approximate surface area is 242 Å². The SMILES string of the molecule is Cc1nn(Cc2c(Cl)cccc2Cl)c(C)c1/C=C/C(=O)N1CCN(CCS(=O)(=O)c2ccc(Br)cc2)CC1. The van der Waals surface area contributed by atoms with Crippen LogP contribution < -0.4 is 0 Å². The minimum Gasteiger partial charge on any atom is -0.337 e. The van der Waals surface area contributed by atoms with E-state index in [2.05, 4.69) is 25.9 Å². The number of piperazine rings is 1. The maximum absolute atomic E-state index is 12.9. The summed E-state index contributed by atoms with van der Waals surface area (Å²) in [6.45, 7) is 7.08. The summed E-state index contributed by atoms with van der Waals surface area (Å²) in [5.41, 5.74) is 3.42. The molecule has 1 amide bonds. The number of halogens is 3. The van der Waals surface area contributed by atoms with E-state index in [0.717, 1.165) is 27.0 Å². The summed E-state index contributed by atoms with van der Waals surface area (Å²) in [4.78, 5) is 17.1. The second-order valence-electron chi connectivity index (χ2n) is 9.22. The van der Waals surface area contributed by atoms with E-state index in [1.165, 1.54) is 0 Å². The lowest BCUT2D eigenvalue weighted by atomic mass is 10.1.